The van der Waals surface area contributed by atoms with E-state index in [-0.39, 0.29) is 18.9 Å². The number of aliphatic hydroxyl groups is 1. The van der Waals surface area contributed by atoms with E-state index >= 15 is 0 Å². The third-order valence-corrected chi connectivity index (χ3v) is 7.16. The Kier molecular flexibility index (Phi) is 6.84. The standard InChI is InChI=1S/C14H15BrN2O4S3/c1-22-14(20,13(19)17-21)6-7-16-12(18)10-3-2-8(23-10)9-4-5-11(15)24-9/h2-5,20-21H,6-7H2,1H3,(H,16,18)(H,17,19). The van der Waals surface area contributed by atoms with Crippen LogP contribution in [0.2, 0.25) is 0 Å². The van der Waals surface area contributed by atoms with E-state index < -0.39 is 10.8 Å². The summed E-state index contributed by atoms with van der Waals surface area (Å²) in [5.74, 6) is -1.18. The highest BCUT2D eigenvalue weighted by Gasteiger charge is 2.34. The minimum Gasteiger partial charge on any atom is -0.371 e. The molecule has 0 aliphatic rings. The molecular formula is C14H15BrN2O4S3. The van der Waals surface area contributed by atoms with Crippen LogP contribution >= 0.6 is 50.4 Å². The number of hydrogen-bond acceptors (Lipinski definition) is 7. The van der Waals surface area contributed by atoms with E-state index in [1.165, 1.54) is 16.8 Å². The highest BCUT2D eigenvalue weighted by atomic mass is 79.9. The van der Waals surface area contributed by atoms with E-state index in [1.54, 1.807) is 23.7 Å². The summed E-state index contributed by atoms with van der Waals surface area (Å²) in [6, 6.07) is 7.56. The number of thiophene rings is 2. The fraction of sp³-hybridized carbons (Fsp3) is 0.286. The van der Waals surface area contributed by atoms with Gasteiger partial charge >= 0.3 is 0 Å². The first kappa shape index (κ1) is 19.4. The van der Waals surface area contributed by atoms with Crippen molar-refractivity contribution in [2.24, 2.45) is 0 Å². The highest BCUT2D eigenvalue weighted by Crippen LogP contribution is 2.35. The Hall–Kier alpha value is -0.910. The van der Waals surface area contributed by atoms with Crippen LogP contribution < -0.4 is 10.8 Å². The average Bonchev–Trinajstić information content (AvgIpc) is 3.22. The molecule has 2 rings (SSSR count). The fourth-order valence-corrected chi connectivity index (χ4v) is 4.80. The lowest BCUT2D eigenvalue weighted by molar-refractivity contribution is -0.140. The molecule has 0 aromatic carbocycles. The molecule has 0 saturated carbocycles. The minimum absolute atomic E-state index is 0.0254. The molecule has 0 bridgehead atoms. The largest absolute Gasteiger partial charge is 0.371 e. The van der Waals surface area contributed by atoms with Crippen LogP contribution in [-0.4, -0.2) is 39.9 Å². The third-order valence-electron chi connectivity index (χ3n) is 3.19. The van der Waals surface area contributed by atoms with Gasteiger partial charge in [-0.1, -0.05) is 0 Å². The van der Waals surface area contributed by atoms with Gasteiger partial charge in [-0.05, 0) is 46.5 Å². The molecule has 0 fully saturated rings. The van der Waals surface area contributed by atoms with Crippen molar-refractivity contribution in [3.63, 3.8) is 0 Å². The summed E-state index contributed by atoms with van der Waals surface area (Å²) in [6.07, 6.45) is 1.52. The Labute approximate surface area is 159 Å². The van der Waals surface area contributed by atoms with Crippen molar-refractivity contribution in [3.05, 3.63) is 32.9 Å². The number of carbonyl (C=O) groups is 2. The molecule has 1 atom stereocenters. The zero-order valence-electron chi connectivity index (χ0n) is 12.5. The highest BCUT2D eigenvalue weighted by molar-refractivity contribution is 9.11. The summed E-state index contributed by atoms with van der Waals surface area (Å²) in [7, 11) is 0. The van der Waals surface area contributed by atoms with Crippen molar-refractivity contribution >= 4 is 62.2 Å². The maximum Gasteiger partial charge on any atom is 0.285 e. The van der Waals surface area contributed by atoms with Crippen molar-refractivity contribution in [3.8, 4) is 9.75 Å². The average molecular weight is 451 g/mol. The number of hydroxylamine groups is 1. The van der Waals surface area contributed by atoms with Crippen LogP contribution in [0.1, 0.15) is 16.1 Å². The van der Waals surface area contributed by atoms with Crippen LogP contribution in [0.5, 0.6) is 0 Å². The second kappa shape index (κ2) is 8.45. The molecule has 0 aliphatic carbocycles. The van der Waals surface area contributed by atoms with E-state index in [2.05, 4.69) is 21.2 Å². The molecule has 2 heterocycles. The van der Waals surface area contributed by atoms with Gasteiger partial charge in [-0.15, -0.1) is 34.4 Å². The lowest BCUT2D eigenvalue weighted by Crippen LogP contribution is -2.45. The van der Waals surface area contributed by atoms with E-state index in [1.807, 2.05) is 18.2 Å². The van der Waals surface area contributed by atoms with Gasteiger partial charge in [0.1, 0.15) is 0 Å². The zero-order chi connectivity index (χ0) is 17.7. The molecule has 0 radical (unpaired) electrons. The molecule has 10 heteroatoms. The molecule has 6 nitrogen and oxygen atoms in total. The van der Waals surface area contributed by atoms with Crippen molar-refractivity contribution in [2.75, 3.05) is 12.8 Å². The molecular weight excluding hydrogens is 436 g/mol. The first-order valence-electron chi connectivity index (χ1n) is 6.75. The summed E-state index contributed by atoms with van der Waals surface area (Å²) >= 11 is 7.26. The van der Waals surface area contributed by atoms with Crippen LogP contribution in [0.3, 0.4) is 0 Å². The predicted molar refractivity (Wildman–Crippen MR) is 101 cm³/mol. The Bertz CT molecular complexity index is 733. The number of halogens is 1. The first-order valence-corrected chi connectivity index (χ1v) is 10.4. The number of amides is 2. The molecule has 0 spiro atoms. The lowest BCUT2D eigenvalue weighted by atomic mass is 10.2. The fourth-order valence-electron chi connectivity index (χ4n) is 1.87. The van der Waals surface area contributed by atoms with Gasteiger partial charge in [0.15, 0.2) is 4.93 Å². The molecule has 24 heavy (non-hydrogen) atoms. The van der Waals surface area contributed by atoms with Gasteiger partial charge in [0.25, 0.3) is 11.8 Å². The van der Waals surface area contributed by atoms with Crippen LogP contribution in [0.25, 0.3) is 9.75 Å². The molecule has 4 N–H and O–H groups in total. The second-order valence-corrected chi connectivity index (χ2v) is 9.33. The van der Waals surface area contributed by atoms with Gasteiger partial charge in [-0.2, -0.15) is 0 Å². The normalized spacial score (nSPS) is 13.3. The molecule has 130 valence electrons. The molecule has 2 aromatic heterocycles. The van der Waals surface area contributed by atoms with Crippen LogP contribution in [0.15, 0.2) is 28.1 Å². The van der Waals surface area contributed by atoms with E-state index in [4.69, 9.17) is 5.21 Å². The van der Waals surface area contributed by atoms with E-state index in [0.29, 0.717) is 4.88 Å². The molecule has 2 aromatic rings. The van der Waals surface area contributed by atoms with Crippen molar-refractivity contribution < 1.29 is 19.9 Å². The molecule has 1 unspecified atom stereocenters. The Balaban J connectivity index is 1.94. The maximum atomic E-state index is 12.2. The summed E-state index contributed by atoms with van der Waals surface area (Å²) in [5.41, 5.74) is 1.43. The summed E-state index contributed by atoms with van der Waals surface area (Å²) in [5, 5.41) is 21.4. The van der Waals surface area contributed by atoms with E-state index in [0.717, 1.165) is 25.3 Å². The minimum atomic E-state index is -1.79. The third kappa shape index (κ3) is 4.58. The van der Waals surface area contributed by atoms with Gasteiger partial charge in [-0.25, -0.2) is 5.48 Å². The SMILES string of the molecule is CSC(O)(CCNC(=O)c1ccc(-c2ccc(Br)s2)s1)C(=O)NO. The van der Waals surface area contributed by atoms with Crippen molar-refractivity contribution in [2.45, 2.75) is 11.4 Å². The topological polar surface area (TPSA) is 98.7 Å². The summed E-state index contributed by atoms with van der Waals surface area (Å²) in [6.45, 7) is 0.0986. The van der Waals surface area contributed by atoms with Crippen LogP contribution in [0, 0.1) is 0 Å². The Morgan fingerprint density at radius 3 is 2.50 bits per heavy atom. The summed E-state index contributed by atoms with van der Waals surface area (Å²) < 4.78 is 1.02. The molecule has 0 aliphatic heterocycles. The van der Waals surface area contributed by atoms with Gasteiger partial charge in [0, 0.05) is 22.7 Å². The smallest absolute Gasteiger partial charge is 0.285 e. The number of thioether (sulfide) groups is 1. The number of carbonyl (C=O) groups excluding carboxylic acids is 2. The quantitative estimate of drug-likeness (QED) is 0.295. The number of nitrogens with one attached hydrogen (secondary N) is 2. The number of hydrogen-bond donors (Lipinski definition) is 4. The van der Waals surface area contributed by atoms with Gasteiger partial charge < -0.3 is 10.4 Å². The second-order valence-electron chi connectivity index (χ2n) is 4.70. The van der Waals surface area contributed by atoms with E-state index in [9.17, 15) is 14.7 Å². The lowest BCUT2D eigenvalue weighted by Gasteiger charge is -2.23. The zero-order valence-corrected chi connectivity index (χ0v) is 16.6. The van der Waals surface area contributed by atoms with Gasteiger partial charge in [-0.3, -0.25) is 14.8 Å². The molecule has 2 amide bonds. The maximum absolute atomic E-state index is 12.2. The van der Waals surface area contributed by atoms with Crippen LogP contribution in [0.4, 0.5) is 0 Å². The Morgan fingerprint density at radius 2 is 1.92 bits per heavy atom. The van der Waals surface area contributed by atoms with Crippen molar-refractivity contribution in [1.29, 1.82) is 0 Å². The van der Waals surface area contributed by atoms with Gasteiger partial charge in [0.05, 0.1) is 8.66 Å². The predicted octanol–water partition coefficient (Wildman–Crippen LogP) is 2.92. The first-order chi connectivity index (χ1) is 11.4. The molecule has 0 saturated heterocycles. The van der Waals surface area contributed by atoms with Crippen LogP contribution in [-0.2, 0) is 4.79 Å². The monoisotopic (exact) mass is 450 g/mol. The Morgan fingerprint density at radius 1 is 1.25 bits per heavy atom. The van der Waals surface area contributed by atoms with Crippen molar-refractivity contribution in [1.82, 2.24) is 10.8 Å². The number of rotatable bonds is 7. The summed E-state index contributed by atoms with van der Waals surface area (Å²) in [4.78, 5) is 24.4. The van der Waals surface area contributed by atoms with Gasteiger partial charge in [0.2, 0.25) is 0 Å².